The van der Waals surface area contributed by atoms with Crippen LogP contribution in [0.2, 0.25) is 0 Å². The fourth-order valence-corrected chi connectivity index (χ4v) is 3.91. The minimum atomic E-state index is -0.869. The number of fused-ring (bicyclic) bond motifs is 3. The number of nitrogens with zero attached hydrogens (tertiary/aromatic N) is 5. The van der Waals surface area contributed by atoms with Crippen LogP contribution in [0.1, 0.15) is 12.5 Å². The predicted molar refractivity (Wildman–Crippen MR) is 109 cm³/mol. The maximum absolute atomic E-state index is 14.5. The molecule has 0 N–H and O–H groups in total. The minimum Gasteiger partial charge on any atom is -0.473 e. The SMILES string of the molecule is CCn1cc(Oc2c(F)cc(COc3cc4n(c(=O)n3)CC3COCCN43)cc2F)cn1. The van der Waals surface area contributed by atoms with Gasteiger partial charge in [0.1, 0.15) is 12.4 Å². The van der Waals surface area contributed by atoms with E-state index >= 15 is 0 Å². The molecule has 3 aromatic rings. The van der Waals surface area contributed by atoms with Gasteiger partial charge in [0.25, 0.3) is 0 Å². The predicted octanol–water partition coefficient (Wildman–Crippen LogP) is 2.33. The number of ether oxygens (including phenoxy) is 3. The van der Waals surface area contributed by atoms with Crippen LogP contribution in [0.5, 0.6) is 17.4 Å². The molecule has 1 saturated heterocycles. The summed E-state index contributed by atoms with van der Waals surface area (Å²) < 4.78 is 48.6. The van der Waals surface area contributed by atoms with Crippen molar-refractivity contribution < 1.29 is 23.0 Å². The molecular formula is C21H21F2N5O4. The van der Waals surface area contributed by atoms with Crippen LogP contribution in [0.3, 0.4) is 0 Å². The summed E-state index contributed by atoms with van der Waals surface area (Å²) in [4.78, 5) is 18.4. The van der Waals surface area contributed by atoms with Crippen molar-refractivity contribution >= 4 is 5.82 Å². The Morgan fingerprint density at radius 2 is 2.06 bits per heavy atom. The molecule has 0 aliphatic carbocycles. The second-order valence-corrected chi connectivity index (χ2v) is 7.58. The van der Waals surface area contributed by atoms with E-state index in [1.54, 1.807) is 21.5 Å². The summed E-state index contributed by atoms with van der Waals surface area (Å²) in [5.41, 5.74) is -0.191. The van der Waals surface area contributed by atoms with E-state index in [1.807, 2.05) is 6.92 Å². The highest BCUT2D eigenvalue weighted by Crippen LogP contribution is 2.30. The third kappa shape index (κ3) is 3.79. The number of aromatic nitrogens is 4. The van der Waals surface area contributed by atoms with Crippen molar-refractivity contribution in [3.05, 3.63) is 58.3 Å². The number of anilines is 1. The Morgan fingerprint density at radius 3 is 2.81 bits per heavy atom. The van der Waals surface area contributed by atoms with Crippen molar-refractivity contribution in [3.63, 3.8) is 0 Å². The number of benzene rings is 1. The molecule has 11 heteroatoms. The van der Waals surface area contributed by atoms with Crippen LogP contribution in [-0.4, -0.2) is 45.1 Å². The summed E-state index contributed by atoms with van der Waals surface area (Å²) in [5.74, 6) is -1.21. The Labute approximate surface area is 181 Å². The zero-order valence-electron chi connectivity index (χ0n) is 17.3. The maximum atomic E-state index is 14.5. The Kier molecular flexibility index (Phi) is 5.25. The quantitative estimate of drug-likeness (QED) is 0.576. The molecule has 0 spiro atoms. The zero-order valence-corrected chi connectivity index (χ0v) is 17.3. The molecule has 2 aliphatic heterocycles. The summed E-state index contributed by atoms with van der Waals surface area (Å²) in [6, 6.07) is 4.01. The van der Waals surface area contributed by atoms with Gasteiger partial charge in [0.05, 0.1) is 38.2 Å². The molecule has 1 atom stereocenters. The van der Waals surface area contributed by atoms with E-state index in [9.17, 15) is 13.6 Å². The van der Waals surface area contributed by atoms with E-state index in [0.717, 1.165) is 12.1 Å². The van der Waals surface area contributed by atoms with Gasteiger partial charge in [-0.15, -0.1) is 0 Å². The van der Waals surface area contributed by atoms with Gasteiger partial charge in [-0.25, -0.2) is 13.6 Å². The van der Waals surface area contributed by atoms with Gasteiger partial charge in [-0.05, 0) is 24.6 Å². The first-order valence-electron chi connectivity index (χ1n) is 10.3. The molecule has 168 valence electrons. The Hall–Kier alpha value is -3.47. The molecule has 9 nitrogen and oxygen atoms in total. The average Bonchev–Trinajstić information content (AvgIpc) is 3.39. The Balaban J connectivity index is 1.31. The van der Waals surface area contributed by atoms with Crippen LogP contribution in [0.4, 0.5) is 14.6 Å². The lowest BCUT2D eigenvalue weighted by atomic mass is 10.2. The largest absolute Gasteiger partial charge is 0.473 e. The first kappa shape index (κ1) is 20.4. The van der Waals surface area contributed by atoms with E-state index in [1.165, 1.54) is 6.20 Å². The first-order chi connectivity index (χ1) is 15.5. The summed E-state index contributed by atoms with van der Waals surface area (Å²) >= 11 is 0. The van der Waals surface area contributed by atoms with Gasteiger partial charge in [-0.2, -0.15) is 10.1 Å². The first-order valence-corrected chi connectivity index (χ1v) is 10.3. The topological polar surface area (TPSA) is 83.6 Å². The van der Waals surface area contributed by atoms with Gasteiger partial charge in [0.15, 0.2) is 23.1 Å². The van der Waals surface area contributed by atoms with E-state index < -0.39 is 23.1 Å². The van der Waals surface area contributed by atoms with E-state index in [-0.39, 0.29) is 29.8 Å². The minimum absolute atomic E-state index is 0.0914. The van der Waals surface area contributed by atoms with Gasteiger partial charge in [-0.1, -0.05) is 0 Å². The molecule has 4 heterocycles. The number of rotatable bonds is 6. The van der Waals surface area contributed by atoms with Crippen LogP contribution >= 0.6 is 0 Å². The highest BCUT2D eigenvalue weighted by molar-refractivity contribution is 5.47. The number of halogens is 2. The molecule has 0 saturated carbocycles. The molecule has 0 bridgehead atoms. The van der Waals surface area contributed by atoms with Crippen LogP contribution in [0, 0.1) is 11.6 Å². The molecule has 32 heavy (non-hydrogen) atoms. The zero-order chi connectivity index (χ0) is 22.2. The number of aryl methyl sites for hydroxylation is 1. The van der Waals surface area contributed by atoms with Crippen molar-refractivity contribution in [1.82, 2.24) is 19.3 Å². The van der Waals surface area contributed by atoms with Crippen molar-refractivity contribution in [1.29, 1.82) is 0 Å². The lowest BCUT2D eigenvalue weighted by Gasteiger charge is -2.30. The molecule has 0 radical (unpaired) electrons. The summed E-state index contributed by atoms with van der Waals surface area (Å²) in [6.45, 7) is 4.63. The second kappa shape index (κ2) is 8.23. The maximum Gasteiger partial charge on any atom is 0.352 e. The van der Waals surface area contributed by atoms with Crippen molar-refractivity contribution in [2.45, 2.75) is 32.7 Å². The lowest BCUT2D eigenvalue weighted by Crippen LogP contribution is -2.43. The number of morpholine rings is 1. The molecular weight excluding hydrogens is 424 g/mol. The Morgan fingerprint density at radius 1 is 1.25 bits per heavy atom. The number of hydrogen-bond acceptors (Lipinski definition) is 7. The Bertz CT molecular complexity index is 1190. The van der Waals surface area contributed by atoms with Crippen molar-refractivity contribution in [2.75, 3.05) is 24.7 Å². The summed E-state index contributed by atoms with van der Waals surface area (Å²) in [6.07, 6.45) is 2.93. The van der Waals surface area contributed by atoms with Crippen LogP contribution in [0.25, 0.3) is 0 Å². The third-order valence-corrected chi connectivity index (χ3v) is 5.48. The molecule has 5 rings (SSSR count). The standard InChI is InChI=1S/C21H21F2N5O4/c1-2-26-10-15(8-24-26)32-20-16(22)5-13(6-17(20)23)11-31-18-7-19-27-3-4-30-12-14(27)9-28(19)21(29)25-18/h5-8,10,14H,2-4,9,11-12H2,1H3. The normalized spacial score (nSPS) is 17.2. The molecule has 1 unspecified atom stereocenters. The van der Waals surface area contributed by atoms with Gasteiger partial charge in [-0.3, -0.25) is 9.25 Å². The fraction of sp³-hybridized carbons (Fsp3) is 0.381. The monoisotopic (exact) mass is 445 g/mol. The van der Waals surface area contributed by atoms with Gasteiger partial charge < -0.3 is 19.1 Å². The summed E-state index contributed by atoms with van der Waals surface area (Å²) in [7, 11) is 0. The van der Waals surface area contributed by atoms with E-state index in [2.05, 4.69) is 15.0 Å². The van der Waals surface area contributed by atoms with Gasteiger partial charge >= 0.3 is 5.69 Å². The van der Waals surface area contributed by atoms with E-state index in [4.69, 9.17) is 14.2 Å². The lowest BCUT2D eigenvalue weighted by molar-refractivity contribution is 0.0956. The summed E-state index contributed by atoms with van der Waals surface area (Å²) in [5, 5.41) is 4.01. The third-order valence-electron chi connectivity index (χ3n) is 5.48. The van der Waals surface area contributed by atoms with Crippen LogP contribution < -0.4 is 20.1 Å². The molecule has 2 aliphatic rings. The number of hydrogen-bond donors (Lipinski definition) is 0. The molecule has 1 fully saturated rings. The molecule has 1 aromatic carbocycles. The highest BCUT2D eigenvalue weighted by Gasteiger charge is 2.33. The van der Waals surface area contributed by atoms with Crippen molar-refractivity contribution in [2.24, 2.45) is 0 Å². The van der Waals surface area contributed by atoms with Crippen molar-refractivity contribution in [3.8, 4) is 17.4 Å². The smallest absolute Gasteiger partial charge is 0.352 e. The second-order valence-electron chi connectivity index (χ2n) is 7.58. The van der Waals surface area contributed by atoms with Crippen LogP contribution in [-0.2, 0) is 24.4 Å². The average molecular weight is 445 g/mol. The highest BCUT2D eigenvalue weighted by atomic mass is 19.1. The van der Waals surface area contributed by atoms with Gasteiger partial charge in [0, 0.05) is 19.2 Å². The molecule has 2 aromatic heterocycles. The fourth-order valence-electron chi connectivity index (χ4n) is 3.91. The van der Waals surface area contributed by atoms with E-state index in [0.29, 0.717) is 38.7 Å². The van der Waals surface area contributed by atoms with Gasteiger partial charge in [0.2, 0.25) is 5.88 Å². The molecule has 0 amide bonds. The van der Waals surface area contributed by atoms with Crippen LogP contribution in [0.15, 0.2) is 35.4 Å².